The lowest BCUT2D eigenvalue weighted by atomic mass is 10.3. The van der Waals surface area contributed by atoms with E-state index in [-0.39, 0.29) is 13.2 Å². The van der Waals surface area contributed by atoms with E-state index in [0.717, 1.165) is 19.3 Å². The number of rotatable bonds is 8. The van der Waals surface area contributed by atoms with E-state index in [2.05, 4.69) is 13.5 Å². The molecule has 0 saturated carbocycles. The number of unbranched alkanes of at least 4 members (excludes halogenated alkanes) is 2. The Morgan fingerprint density at radius 3 is 2.59 bits per heavy atom. The summed E-state index contributed by atoms with van der Waals surface area (Å²) in [6, 6.07) is 0. The zero-order valence-electron chi connectivity index (χ0n) is 10.6. The maximum Gasteiger partial charge on any atom is 0.410 e. The Bertz CT molecular complexity index is 253. The lowest BCUT2D eigenvalue weighted by molar-refractivity contribution is -0.144. The molecule has 0 atom stereocenters. The minimum Gasteiger partial charge on any atom is -0.464 e. The van der Waals surface area contributed by atoms with Gasteiger partial charge in [-0.05, 0) is 6.42 Å². The quantitative estimate of drug-likeness (QED) is 0.371. The van der Waals surface area contributed by atoms with Crippen LogP contribution in [0.25, 0.3) is 0 Å². The molecule has 1 amide bonds. The lowest BCUT2D eigenvalue weighted by Gasteiger charge is -2.15. The third-order valence-electron chi connectivity index (χ3n) is 2.01. The van der Waals surface area contributed by atoms with Crippen LogP contribution in [0.4, 0.5) is 4.79 Å². The molecule has 0 aromatic rings. The Morgan fingerprint density at radius 2 is 2.00 bits per heavy atom. The van der Waals surface area contributed by atoms with Crippen LogP contribution in [0.2, 0.25) is 0 Å². The Hall–Kier alpha value is -1.52. The van der Waals surface area contributed by atoms with Crippen molar-refractivity contribution in [2.24, 2.45) is 0 Å². The van der Waals surface area contributed by atoms with E-state index in [1.54, 1.807) is 0 Å². The molecule has 0 radical (unpaired) electrons. The van der Waals surface area contributed by atoms with Gasteiger partial charge in [0.2, 0.25) is 0 Å². The van der Waals surface area contributed by atoms with Crippen LogP contribution < -0.4 is 0 Å². The van der Waals surface area contributed by atoms with Crippen molar-refractivity contribution in [3.05, 3.63) is 12.7 Å². The van der Waals surface area contributed by atoms with E-state index in [4.69, 9.17) is 9.47 Å². The van der Waals surface area contributed by atoms with E-state index in [1.807, 2.05) is 0 Å². The number of hydrogen-bond donors (Lipinski definition) is 0. The molecule has 5 nitrogen and oxygen atoms in total. The molecule has 17 heavy (non-hydrogen) atoms. The Labute approximate surface area is 102 Å². The molecule has 0 spiro atoms. The smallest absolute Gasteiger partial charge is 0.410 e. The highest BCUT2D eigenvalue weighted by Gasteiger charge is 2.14. The first-order valence-electron chi connectivity index (χ1n) is 5.76. The molecule has 0 aromatic carbocycles. The summed E-state index contributed by atoms with van der Waals surface area (Å²) in [5.41, 5.74) is 0. The van der Waals surface area contributed by atoms with Crippen molar-refractivity contribution in [3.63, 3.8) is 0 Å². The Morgan fingerprint density at radius 1 is 1.29 bits per heavy atom. The van der Waals surface area contributed by atoms with Crippen molar-refractivity contribution in [1.82, 2.24) is 4.90 Å². The molecule has 0 aliphatic carbocycles. The van der Waals surface area contributed by atoms with Gasteiger partial charge in [-0.15, -0.1) is 0 Å². The summed E-state index contributed by atoms with van der Waals surface area (Å²) in [7, 11) is 1.48. The minimum atomic E-state index is -0.560. The van der Waals surface area contributed by atoms with E-state index >= 15 is 0 Å². The molecular weight excluding hydrogens is 222 g/mol. The maximum atomic E-state index is 11.3. The van der Waals surface area contributed by atoms with Crippen LogP contribution in [0.3, 0.4) is 0 Å². The highest BCUT2D eigenvalue weighted by molar-refractivity contribution is 5.77. The van der Waals surface area contributed by atoms with Gasteiger partial charge in [-0.1, -0.05) is 32.4 Å². The predicted octanol–water partition coefficient (Wildman–Crippen LogP) is 1.97. The van der Waals surface area contributed by atoms with E-state index in [0.29, 0.717) is 6.61 Å². The fraction of sp³-hybridized carbons (Fsp3) is 0.667. The van der Waals surface area contributed by atoms with Crippen molar-refractivity contribution in [2.75, 3.05) is 26.8 Å². The number of carbonyl (C=O) groups is 2. The molecule has 98 valence electrons. The van der Waals surface area contributed by atoms with Crippen LogP contribution >= 0.6 is 0 Å². The van der Waals surface area contributed by atoms with Gasteiger partial charge in [-0.2, -0.15) is 0 Å². The van der Waals surface area contributed by atoms with Crippen molar-refractivity contribution < 1.29 is 19.1 Å². The average Bonchev–Trinajstić information content (AvgIpc) is 2.31. The van der Waals surface area contributed by atoms with Gasteiger partial charge in [0.05, 0.1) is 6.61 Å². The maximum absolute atomic E-state index is 11.3. The van der Waals surface area contributed by atoms with Crippen LogP contribution in [-0.4, -0.2) is 43.8 Å². The zero-order chi connectivity index (χ0) is 13.1. The molecule has 0 fully saturated rings. The molecule has 0 heterocycles. The minimum absolute atomic E-state index is 0.0951. The third kappa shape index (κ3) is 8.30. The summed E-state index contributed by atoms with van der Waals surface area (Å²) in [5.74, 6) is -0.417. The second kappa shape index (κ2) is 9.69. The first kappa shape index (κ1) is 15.5. The standard InChI is InChI=1S/C12H21NO4/c1-4-6-7-9-16-11(14)10-13(3)12(15)17-8-5-2/h5H,2,4,6-10H2,1,3H3. The Kier molecular flexibility index (Phi) is 8.82. The highest BCUT2D eigenvalue weighted by Crippen LogP contribution is 1.96. The number of amides is 1. The van der Waals surface area contributed by atoms with E-state index in [9.17, 15) is 9.59 Å². The van der Waals surface area contributed by atoms with E-state index < -0.39 is 12.1 Å². The monoisotopic (exact) mass is 243 g/mol. The van der Waals surface area contributed by atoms with Gasteiger partial charge in [0.15, 0.2) is 0 Å². The molecule has 0 unspecified atom stereocenters. The van der Waals surface area contributed by atoms with Crippen molar-refractivity contribution >= 4 is 12.1 Å². The molecule has 0 aromatic heterocycles. The van der Waals surface area contributed by atoms with Gasteiger partial charge in [0, 0.05) is 7.05 Å². The summed E-state index contributed by atoms with van der Waals surface area (Å²) >= 11 is 0. The van der Waals surface area contributed by atoms with Crippen molar-refractivity contribution in [1.29, 1.82) is 0 Å². The molecule has 0 N–H and O–H groups in total. The normalized spacial score (nSPS) is 9.53. The van der Waals surface area contributed by atoms with Crippen LogP contribution in [0.15, 0.2) is 12.7 Å². The second-order valence-electron chi connectivity index (χ2n) is 3.65. The fourth-order valence-electron chi connectivity index (χ4n) is 1.08. The van der Waals surface area contributed by atoms with Gasteiger partial charge < -0.3 is 14.4 Å². The average molecular weight is 243 g/mol. The van der Waals surface area contributed by atoms with Gasteiger partial charge in [-0.3, -0.25) is 4.79 Å². The zero-order valence-corrected chi connectivity index (χ0v) is 10.6. The van der Waals surface area contributed by atoms with Gasteiger partial charge in [-0.25, -0.2) is 4.79 Å². The number of carbonyl (C=O) groups excluding carboxylic acids is 2. The molecule has 0 bridgehead atoms. The van der Waals surface area contributed by atoms with Gasteiger partial charge in [0.25, 0.3) is 0 Å². The number of nitrogens with zero attached hydrogens (tertiary/aromatic N) is 1. The largest absolute Gasteiger partial charge is 0.464 e. The van der Waals surface area contributed by atoms with Crippen LogP contribution in [0, 0.1) is 0 Å². The number of ether oxygens (including phenoxy) is 2. The van der Waals surface area contributed by atoms with Crippen LogP contribution in [0.1, 0.15) is 26.2 Å². The topological polar surface area (TPSA) is 55.8 Å². The number of likely N-dealkylation sites (N-methyl/N-ethyl adjacent to an activating group) is 1. The summed E-state index contributed by atoms with van der Waals surface area (Å²) in [6.45, 7) is 5.94. The summed E-state index contributed by atoms with van der Waals surface area (Å²) < 4.78 is 9.72. The predicted molar refractivity (Wildman–Crippen MR) is 64.7 cm³/mol. The number of hydrogen-bond acceptors (Lipinski definition) is 4. The lowest BCUT2D eigenvalue weighted by Crippen LogP contribution is -2.33. The summed E-state index contributed by atoms with van der Waals surface area (Å²) in [6.07, 6.45) is 3.87. The van der Waals surface area contributed by atoms with E-state index in [1.165, 1.54) is 18.0 Å². The fourth-order valence-corrected chi connectivity index (χ4v) is 1.08. The summed E-state index contributed by atoms with van der Waals surface area (Å²) in [4.78, 5) is 23.7. The van der Waals surface area contributed by atoms with Crippen LogP contribution in [-0.2, 0) is 14.3 Å². The first-order chi connectivity index (χ1) is 8.11. The second-order valence-corrected chi connectivity index (χ2v) is 3.65. The highest BCUT2D eigenvalue weighted by atomic mass is 16.6. The van der Waals surface area contributed by atoms with Crippen molar-refractivity contribution in [3.8, 4) is 0 Å². The number of esters is 1. The molecule has 0 rings (SSSR count). The Balaban J connectivity index is 3.71. The molecular formula is C12H21NO4. The summed E-state index contributed by atoms with van der Waals surface area (Å²) in [5, 5.41) is 0. The first-order valence-corrected chi connectivity index (χ1v) is 5.76. The molecule has 0 saturated heterocycles. The molecule has 0 aliphatic heterocycles. The van der Waals surface area contributed by atoms with Crippen molar-refractivity contribution in [2.45, 2.75) is 26.2 Å². The molecule has 0 aliphatic rings. The molecule has 5 heteroatoms. The van der Waals surface area contributed by atoms with Gasteiger partial charge >= 0.3 is 12.1 Å². The van der Waals surface area contributed by atoms with Gasteiger partial charge in [0.1, 0.15) is 13.2 Å². The van der Waals surface area contributed by atoms with Crippen LogP contribution in [0.5, 0.6) is 0 Å². The third-order valence-corrected chi connectivity index (χ3v) is 2.01. The SMILES string of the molecule is C=CCOC(=O)N(C)CC(=O)OCCCCC.